The van der Waals surface area contributed by atoms with E-state index in [9.17, 15) is 14.9 Å². The van der Waals surface area contributed by atoms with Crippen molar-refractivity contribution >= 4 is 27.8 Å². The van der Waals surface area contributed by atoms with Crippen molar-refractivity contribution in [2.45, 2.75) is 40.2 Å². The first kappa shape index (κ1) is 14.6. The smallest absolute Gasteiger partial charge is 0.304 e. The van der Waals surface area contributed by atoms with Gasteiger partial charge in [-0.2, -0.15) is 0 Å². The Balaban J connectivity index is 3.27. The quantitative estimate of drug-likeness (QED) is 0.451. The molecule has 0 aromatic carbocycles. The van der Waals surface area contributed by atoms with Crippen LogP contribution in [-0.2, 0) is 0 Å². The third-order valence-electron chi connectivity index (χ3n) is 2.96. The van der Waals surface area contributed by atoms with Gasteiger partial charge in [0.1, 0.15) is 0 Å². The third-order valence-corrected chi connectivity index (χ3v) is 4.22. The summed E-state index contributed by atoms with van der Waals surface area (Å²) in [6.07, 6.45) is 0.901. The van der Waals surface area contributed by atoms with Crippen LogP contribution in [0.1, 0.15) is 43.8 Å². The molecule has 0 radical (unpaired) electrons. The summed E-state index contributed by atoms with van der Waals surface area (Å²) in [4.78, 5) is 24.4. The number of Topliss-reactive ketones (excluding diaryl/α,β-unsaturated/α-hetero) is 1. The van der Waals surface area contributed by atoms with Crippen molar-refractivity contribution in [3.63, 3.8) is 0 Å². The first-order valence-electron chi connectivity index (χ1n) is 5.98. The van der Waals surface area contributed by atoms with Gasteiger partial charge in [0.15, 0.2) is 10.8 Å². The molecule has 6 heteroatoms. The highest BCUT2D eigenvalue weighted by atomic mass is 32.1. The van der Waals surface area contributed by atoms with E-state index in [2.05, 4.69) is 0 Å². The zero-order chi connectivity index (χ0) is 13.9. The number of hydrogen-bond donors (Lipinski definition) is 0. The Kier molecular flexibility index (Phi) is 4.84. The SMILES string of the molecule is CCC(C)N(CC)c1sc(C(C)=O)cc1[N+](=O)[O-]. The van der Waals surface area contributed by atoms with Gasteiger partial charge in [-0.3, -0.25) is 14.9 Å². The van der Waals surface area contributed by atoms with Gasteiger partial charge in [0.25, 0.3) is 0 Å². The van der Waals surface area contributed by atoms with Crippen LogP contribution in [-0.4, -0.2) is 23.3 Å². The number of anilines is 1. The predicted molar refractivity (Wildman–Crippen MR) is 73.8 cm³/mol. The van der Waals surface area contributed by atoms with Crippen LogP contribution in [0.4, 0.5) is 10.7 Å². The molecular formula is C12H18N2O3S. The highest BCUT2D eigenvalue weighted by Gasteiger charge is 2.26. The number of carbonyl (C=O) groups is 1. The lowest BCUT2D eigenvalue weighted by atomic mass is 10.2. The molecule has 0 aliphatic carbocycles. The molecule has 0 aliphatic heterocycles. The maximum Gasteiger partial charge on any atom is 0.304 e. The average molecular weight is 270 g/mol. The lowest BCUT2D eigenvalue weighted by molar-refractivity contribution is -0.383. The Bertz CT molecular complexity index is 456. The Labute approximate surface area is 111 Å². The summed E-state index contributed by atoms with van der Waals surface area (Å²) >= 11 is 1.21. The summed E-state index contributed by atoms with van der Waals surface area (Å²) in [5.74, 6) is -0.130. The van der Waals surface area contributed by atoms with Gasteiger partial charge >= 0.3 is 5.69 Å². The zero-order valence-electron chi connectivity index (χ0n) is 11.1. The Morgan fingerprint density at radius 3 is 2.56 bits per heavy atom. The second-order valence-electron chi connectivity index (χ2n) is 4.16. The molecule has 1 rings (SSSR count). The summed E-state index contributed by atoms with van der Waals surface area (Å²) in [5.41, 5.74) is 0.0346. The topological polar surface area (TPSA) is 63.5 Å². The predicted octanol–water partition coefficient (Wildman–Crippen LogP) is 3.48. The molecule has 1 aromatic heterocycles. The summed E-state index contributed by atoms with van der Waals surface area (Å²) < 4.78 is 0. The molecule has 0 aliphatic rings. The number of nitrogens with zero attached hydrogens (tertiary/aromatic N) is 2. The fourth-order valence-corrected chi connectivity index (χ4v) is 2.94. The van der Waals surface area contributed by atoms with E-state index in [1.807, 2.05) is 25.7 Å². The molecule has 0 saturated carbocycles. The minimum Gasteiger partial charge on any atom is -0.355 e. The van der Waals surface area contributed by atoms with Crippen LogP contribution < -0.4 is 4.90 Å². The minimum atomic E-state index is -0.413. The summed E-state index contributed by atoms with van der Waals surface area (Å²) in [6.45, 7) is 8.15. The van der Waals surface area contributed by atoms with Gasteiger partial charge in [-0.1, -0.05) is 6.92 Å². The van der Waals surface area contributed by atoms with Crippen molar-refractivity contribution < 1.29 is 9.72 Å². The maximum absolute atomic E-state index is 11.4. The van der Waals surface area contributed by atoms with Gasteiger partial charge in [-0.25, -0.2) is 0 Å². The Morgan fingerprint density at radius 2 is 2.17 bits per heavy atom. The number of ketones is 1. The van der Waals surface area contributed by atoms with E-state index in [0.29, 0.717) is 16.4 Å². The van der Waals surface area contributed by atoms with E-state index in [1.165, 1.54) is 24.3 Å². The summed E-state index contributed by atoms with van der Waals surface area (Å²) in [5, 5.41) is 11.6. The monoisotopic (exact) mass is 270 g/mol. The van der Waals surface area contributed by atoms with Crippen molar-refractivity contribution in [2.75, 3.05) is 11.4 Å². The third kappa shape index (κ3) is 2.87. The zero-order valence-corrected chi connectivity index (χ0v) is 11.9. The van der Waals surface area contributed by atoms with Gasteiger partial charge in [0.2, 0.25) is 0 Å². The molecule has 0 bridgehead atoms. The molecule has 0 N–H and O–H groups in total. The molecule has 1 heterocycles. The largest absolute Gasteiger partial charge is 0.355 e. The van der Waals surface area contributed by atoms with Crippen molar-refractivity contribution in [3.05, 3.63) is 21.1 Å². The molecule has 0 amide bonds. The molecule has 1 atom stereocenters. The highest BCUT2D eigenvalue weighted by Crippen LogP contribution is 2.39. The van der Waals surface area contributed by atoms with Gasteiger partial charge in [0, 0.05) is 18.7 Å². The number of nitro groups is 1. The van der Waals surface area contributed by atoms with E-state index in [-0.39, 0.29) is 17.5 Å². The fraction of sp³-hybridized carbons (Fsp3) is 0.583. The molecule has 5 nitrogen and oxygen atoms in total. The van der Waals surface area contributed by atoms with Gasteiger partial charge < -0.3 is 4.90 Å². The molecular weight excluding hydrogens is 252 g/mol. The van der Waals surface area contributed by atoms with Crippen LogP contribution >= 0.6 is 11.3 Å². The highest BCUT2D eigenvalue weighted by molar-refractivity contribution is 7.18. The Morgan fingerprint density at radius 1 is 1.56 bits per heavy atom. The number of hydrogen-bond acceptors (Lipinski definition) is 5. The van der Waals surface area contributed by atoms with Crippen LogP contribution in [0, 0.1) is 10.1 Å². The molecule has 1 unspecified atom stereocenters. The number of carbonyl (C=O) groups excluding carboxylic acids is 1. The van der Waals surface area contributed by atoms with Crippen molar-refractivity contribution in [1.29, 1.82) is 0 Å². The van der Waals surface area contributed by atoms with Crippen molar-refractivity contribution in [2.24, 2.45) is 0 Å². The minimum absolute atomic E-state index is 0.0346. The lowest BCUT2D eigenvalue weighted by Gasteiger charge is -2.27. The standard InChI is InChI=1S/C12H18N2O3S/c1-5-8(3)13(6-2)12-10(14(16)17)7-11(18-12)9(4)15/h7-8H,5-6H2,1-4H3. The molecule has 100 valence electrons. The van der Waals surface area contributed by atoms with E-state index >= 15 is 0 Å². The van der Waals surface area contributed by atoms with Crippen molar-refractivity contribution in [3.8, 4) is 0 Å². The van der Waals surface area contributed by atoms with Crippen LogP contribution in [0.25, 0.3) is 0 Å². The molecule has 0 saturated heterocycles. The summed E-state index contributed by atoms with van der Waals surface area (Å²) in [7, 11) is 0. The van der Waals surface area contributed by atoms with E-state index in [0.717, 1.165) is 6.42 Å². The van der Waals surface area contributed by atoms with Gasteiger partial charge in [-0.15, -0.1) is 11.3 Å². The molecule has 18 heavy (non-hydrogen) atoms. The average Bonchev–Trinajstić information content (AvgIpc) is 2.74. The van der Waals surface area contributed by atoms with Crippen LogP contribution in [0.2, 0.25) is 0 Å². The van der Waals surface area contributed by atoms with Gasteiger partial charge in [-0.05, 0) is 27.2 Å². The van der Waals surface area contributed by atoms with Crippen LogP contribution in [0.15, 0.2) is 6.07 Å². The second kappa shape index (κ2) is 5.95. The second-order valence-corrected chi connectivity index (χ2v) is 5.19. The van der Waals surface area contributed by atoms with Crippen LogP contribution in [0.5, 0.6) is 0 Å². The normalized spacial score (nSPS) is 12.2. The number of rotatable bonds is 6. The van der Waals surface area contributed by atoms with Gasteiger partial charge in [0.05, 0.1) is 9.80 Å². The summed E-state index contributed by atoms with van der Waals surface area (Å²) in [6, 6.07) is 1.60. The molecule has 1 aromatic rings. The van der Waals surface area contributed by atoms with Crippen LogP contribution in [0.3, 0.4) is 0 Å². The molecule has 0 spiro atoms. The van der Waals surface area contributed by atoms with Crippen molar-refractivity contribution in [1.82, 2.24) is 0 Å². The first-order valence-corrected chi connectivity index (χ1v) is 6.79. The molecule has 0 fully saturated rings. The maximum atomic E-state index is 11.4. The fourth-order valence-electron chi connectivity index (χ4n) is 1.76. The van der Waals surface area contributed by atoms with E-state index < -0.39 is 4.92 Å². The lowest BCUT2D eigenvalue weighted by Crippen LogP contribution is -2.31. The van der Waals surface area contributed by atoms with E-state index in [1.54, 1.807) is 0 Å². The first-order chi connectivity index (χ1) is 8.42. The Hall–Kier alpha value is -1.43. The number of thiophene rings is 1. The van der Waals surface area contributed by atoms with E-state index in [4.69, 9.17) is 0 Å².